The fraction of sp³-hybridized carbons (Fsp3) is 0.435. The van der Waals surface area contributed by atoms with Gasteiger partial charge in [-0.2, -0.15) is 0 Å². The molecule has 5 nitrogen and oxygen atoms in total. The predicted molar refractivity (Wildman–Crippen MR) is 111 cm³/mol. The molecule has 0 aliphatic carbocycles. The highest BCUT2D eigenvalue weighted by molar-refractivity contribution is 5.78. The number of nitrogens with zero attached hydrogens (tertiary/aromatic N) is 2. The van der Waals surface area contributed by atoms with Crippen LogP contribution in [0.5, 0.6) is 11.5 Å². The first kappa shape index (κ1) is 20.2. The number of likely N-dealkylation sites (N-methyl/N-ethyl adjacent to an activating group) is 1. The average molecular weight is 383 g/mol. The lowest BCUT2D eigenvalue weighted by atomic mass is 10.0. The summed E-state index contributed by atoms with van der Waals surface area (Å²) < 4.78 is 11.9. The number of para-hydroxylation sites is 1. The number of ether oxygens (including phenoxy) is 2. The Bertz CT molecular complexity index is 803. The van der Waals surface area contributed by atoms with Gasteiger partial charge in [-0.05, 0) is 39.6 Å². The van der Waals surface area contributed by atoms with E-state index in [1.54, 1.807) is 0 Å². The summed E-state index contributed by atoms with van der Waals surface area (Å²) in [7, 11) is 4.02. The Labute approximate surface area is 167 Å². The summed E-state index contributed by atoms with van der Waals surface area (Å²) in [5, 5.41) is 0. The van der Waals surface area contributed by atoms with E-state index in [1.165, 1.54) is 0 Å². The molecule has 0 aromatic heterocycles. The van der Waals surface area contributed by atoms with Crippen molar-refractivity contribution < 1.29 is 14.3 Å². The molecule has 2 aromatic carbocycles. The normalized spacial score (nSPS) is 14.5. The van der Waals surface area contributed by atoms with Crippen molar-refractivity contribution in [1.29, 1.82) is 0 Å². The molecule has 5 heteroatoms. The number of benzene rings is 2. The van der Waals surface area contributed by atoms with Crippen molar-refractivity contribution in [1.82, 2.24) is 9.80 Å². The third kappa shape index (κ3) is 5.26. The summed E-state index contributed by atoms with van der Waals surface area (Å²) in [4.78, 5) is 16.8. The molecule has 28 heavy (non-hydrogen) atoms. The fourth-order valence-electron chi connectivity index (χ4n) is 3.35. The SMILES string of the molecule is CN(C)CCN(Cc1ccccc1)C(=O)COc1cccc2c1OC(C)(C)C2. The van der Waals surface area contributed by atoms with E-state index in [0.717, 1.165) is 29.8 Å². The highest BCUT2D eigenvalue weighted by Crippen LogP contribution is 2.41. The van der Waals surface area contributed by atoms with Crippen molar-refractivity contribution >= 4 is 5.91 Å². The van der Waals surface area contributed by atoms with E-state index in [1.807, 2.05) is 61.5 Å². The van der Waals surface area contributed by atoms with Crippen LogP contribution in [0.2, 0.25) is 0 Å². The van der Waals surface area contributed by atoms with Gasteiger partial charge >= 0.3 is 0 Å². The average Bonchev–Trinajstić information content (AvgIpc) is 2.98. The topological polar surface area (TPSA) is 42.0 Å². The summed E-state index contributed by atoms with van der Waals surface area (Å²) in [5.41, 5.74) is 2.00. The van der Waals surface area contributed by atoms with Crippen molar-refractivity contribution in [3.8, 4) is 11.5 Å². The zero-order valence-corrected chi connectivity index (χ0v) is 17.3. The molecule has 0 saturated carbocycles. The molecule has 0 atom stereocenters. The van der Waals surface area contributed by atoms with Crippen LogP contribution in [-0.4, -0.2) is 55.1 Å². The summed E-state index contributed by atoms with van der Waals surface area (Å²) in [6.07, 6.45) is 0.844. The van der Waals surface area contributed by atoms with Gasteiger partial charge in [0.1, 0.15) is 5.60 Å². The van der Waals surface area contributed by atoms with Crippen molar-refractivity contribution in [3.63, 3.8) is 0 Å². The number of fused-ring (bicyclic) bond motifs is 1. The van der Waals surface area contributed by atoms with Crippen LogP contribution >= 0.6 is 0 Å². The van der Waals surface area contributed by atoms with E-state index >= 15 is 0 Å². The maximum atomic E-state index is 12.9. The largest absolute Gasteiger partial charge is 0.483 e. The number of rotatable bonds is 8. The first-order valence-electron chi connectivity index (χ1n) is 9.74. The molecule has 0 spiro atoms. The standard InChI is InChI=1S/C23H30N2O3/c1-23(2)15-19-11-8-12-20(22(19)28-23)27-17-21(26)25(14-13-24(3)4)16-18-9-6-5-7-10-18/h5-12H,13-17H2,1-4H3. The quantitative estimate of drug-likeness (QED) is 0.702. The Hall–Kier alpha value is -2.53. The van der Waals surface area contributed by atoms with Gasteiger partial charge in [0.05, 0.1) is 0 Å². The van der Waals surface area contributed by atoms with Crippen LogP contribution in [0.1, 0.15) is 25.0 Å². The fourth-order valence-corrected chi connectivity index (χ4v) is 3.35. The van der Waals surface area contributed by atoms with Crippen molar-refractivity contribution in [2.24, 2.45) is 0 Å². The highest BCUT2D eigenvalue weighted by atomic mass is 16.5. The number of hydrogen-bond donors (Lipinski definition) is 0. The van der Waals surface area contributed by atoms with Gasteiger partial charge in [0.25, 0.3) is 5.91 Å². The van der Waals surface area contributed by atoms with Gasteiger partial charge in [-0.15, -0.1) is 0 Å². The first-order valence-corrected chi connectivity index (χ1v) is 9.74. The first-order chi connectivity index (χ1) is 13.3. The summed E-state index contributed by atoms with van der Waals surface area (Å²) in [5.74, 6) is 1.38. The van der Waals surface area contributed by atoms with E-state index in [2.05, 4.69) is 24.8 Å². The second-order valence-corrected chi connectivity index (χ2v) is 8.18. The highest BCUT2D eigenvalue weighted by Gasteiger charge is 2.32. The molecule has 0 saturated heterocycles. The lowest BCUT2D eigenvalue weighted by molar-refractivity contribution is -0.134. The third-order valence-corrected chi connectivity index (χ3v) is 4.79. The molecule has 0 fully saturated rings. The molecular formula is C23H30N2O3. The molecule has 0 unspecified atom stereocenters. The van der Waals surface area contributed by atoms with E-state index in [-0.39, 0.29) is 18.1 Å². The Morgan fingerprint density at radius 1 is 1.07 bits per heavy atom. The van der Waals surface area contributed by atoms with Crippen LogP contribution in [0.15, 0.2) is 48.5 Å². The molecule has 3 rings (SSSR count). The van der Waals surface area contributed by atoms with Crippen LogP contribution in [0.4, 0.5) is 0 Å². The van der Waals surface area contributed by atoms with Gasteiger partial charge in [-0.25, -0.2) is 0 Å². The monoisotopic (exact) mass is 382 g/mol. The lowest BCUT2D eigenvalue weighted by Crippen LogP contribution is -2.39. The summed E-state index contributed by atoms with van der Waals surface area (Å²) in [6.45, 7) is 6.15. The molecule has 1 aliphatic heterocycles. The lowest BCUT2D eigenvalue weighted by Gasteiger charge is -2.25. The third-order valence-electron chi connectivity index (χ3n) is 4.79. The van der Waals surface area contributed by atoms with Crippen LogP contribution in [0.3, 0.4) is 0 Å². The minimum absolute atomic E-state index is 0.000500. The Balaban J connectivity index is 1.66. The molecule has 0 bridgehead atoms. The Morgan fingerprint density at radius 3 is 2.54 bits per heavy atom. The molecule has 0 N–H and O–H groups in total. The van der Waals surface area contributed by atoms with Gasteiger partial charge in [-0.1, -0.05) is 42.5 Å². The number of amides is 1. The molecule has 150 valence electrons. The molecule has 1 aliphatic rings. The second kappa shape index (κ2) is 8.65. The van der Waals surface area contributed by atoms with Crippen LogP contribution in [-0.2, 0) is 17.8 Å². The van der Waals surface area contributed by atoms with E-state index in [9.17, 15) is 4.79 Å². The van der Waals surface area contributed by atoms with Gasteiger partial charge in [0.2, 0.25) is 0 Å². The minimum Gasteiger partial charge on any atom is -0.483 e. The van der Waals surface area contributed by atoms with E-state index < -0.39 is 0 Å². The van der Waals surface area contributed by atoms with Gasteiger partial charge in [0.15, 0.2) is 18.1 Å². The second-order valence-electron chi connectivity index (χ2n) is 8.18. The summed E-state index contributed by atoms with van der Waals surface area (Å²) >= 11 is 0. The molecular weight excluding hydrogens is 352 g/mol. The van der Waals surface area contributed by atoms with Crippen molar-refractivity contribution in [3.05, 3.63) is 59.7 Å². The van der Waals surface area contributed by atoms with Crippen LogP contribution in [0, 0.1) is 0 Å². The van der Waals surface area contributed by atoms with E-state index in [0.29, 0.717) is 18.8 Å². The molecule has 1 amide bonds. The van der Waals surface area contributed by atoms with Crippen molar-refractivity contribution in [2.45, 2.75) is 32.4 Å². The predicted octanol–water partition coefficient (Wildman–Crippen LogP) is 3.37. The zero-order chi connectivity index (χ0) is 20.1. The number of carbonyl (C=O) groups excluding carboxylic acids is 1. The Morgan fingerprint density at radius 2 is 1.82 bits per heavy atom. The molecule has 0 radical (unpaired) electrons. The van der Waals surface area contributed by atoms with Crippen LogP contribution in [0.25, 0.3) is 0 Å². The maximum absolute atomic E-state index is 12.9. The van der Waals surface area contributed by atoms with Gasteiger partial charge in [0, 0.05) is 31.6 Å². The maximum Gasteiger partial charge on any atom is 0.260 e. The minimum atomic E-state index is -0.239. The smallest absolute Gasteiger partial charge is 0.260 e. The van der Waals surface area contributed by atoms with E-state index in [4.69, 9.17) is 9.47 Å². The zero-order valence-electron chi connectivity index (χ0n) is 17.3. The Kier molecular flexibility index (Phi) is 6.25. The number of hydrogen-bond acceptors (Lipinski definition) is 4. The van der Waals surface area contributed by atoms with Crippen LogP contribution < -0.4 is 9.47 Å². The van der Waals surface area contributed by atoms with Crippen molar-refractivity contribution in [2.75, 3.05) is 33.8 Å². The van der Waals surface area contributed by atoms with Gasteiger partial charge < -0.3 is 19.3 Å². The number of carbonyl (C=O) groups is 1. The molecule has 1 heterocycles. The molecule has 2 aromatic rings. The summed E-state index contributed by atoms with van der Waals surface area (Å²) in [6, 6.07) is 15.9. The van der Waals surface area contributed by atoms with Gasteiger partial charge in [-0.3, -0.25) is 4.79 Å².